The van der Waals surface area contributed by atoms with E-state index in [4.69, 9.17) is 22.9 Å². The summed E-state index contributed by atoms with van der Waals surface area (Å²) < 4.78 is 38.8. The summed E-state index contributed by atoms with van der Waals surface area (Å²) in [6.45, 7) is -2.98. The Morgan fingerprint density at radius 2 is 2.23 bits per heavy atom. The first-order valence-corrected chi connectivity index (χ1v) is 10.7. The average molecular weight is 372 g/mol. The van der Waals surface area contributed by atoms with E-state index in [0.29, 0.717) is 18.8 Å². The van der Waals surface area contributed by atoms with E-state index in [1.165, 1.54) is 0 Å². The van der Waals surface area contributed by atoms with Crippen molar-refractivity contribution in [3.05, 3.63) is 0 Å². The minimum absolute atomic E-state index is 0.0346. The van der Waals surface area contributed by atoms with Crippen molar-refractivity contribution in [2.75, 3.05) is 26.1 Å². The smallest absolute Gasteiger partial charge is 0.379 e. The van der Waals surface area contributed by atoms with Gasteiger partial charge in [-0.3, -0.25) is 4.52 Å². The van der Waals surface area contributed by atoms with E-state index in [9.17, 15) is 9.46 Å². The number of thiol groups is 1. The van der Waals surface area contributed by atoms with Gasteiger partial charge in [0.2, 0.25) is 0 Å². The molecule has 0 amide bonds. The molecule has 3 unspecified atom stereocenters. The van der Waals surface area contributed by atoms with Crippen molar-refractivity contribution in [1.82, 2.24) is 0 Å². The first kappa shape index (κ1) is 19.1. The van der Waals surface area contributed by atoms with E-state index in [1.807, 2.05) is 7.85 Å². The Bertz CT molecular complexity index is 405. The summed E-state index contributed by atoms with van der Waals surface area (Å²) in [7, 11) is 3.51. The summed E-state index contributed by atoms with van der Waals surface area (Å²) in [4.78, 5) is 10.1. The van der Waals surface area contributed by atoms with Crippen LogP contribution in [0.5, 0.6) is 0 Å². The van der Waals surface area contributed by atoms with Gasteiger partial charge in [0.15, 0.2) is 0 Å². The van der Waals surface area contributed by atoms with Crippen LogP contribution < -0.4 is 0 Å². The molecule has 0 radical (unpaired) electrons. The molecule has 2 saturated heterocycles. The van der Waals surface area contributed by atoms with Crippen molar-refractivity contribution >= 4 is 38.9 Å². The van der Waals surface area contributed by atoms with Gasteiger partial charge < -0.3 is 23.3 Å². The molecule has 0 aliphatic carbocycles. The van der Waals surface area contributed by atoms with Gasteiger partial charge in [0.05, 0.1) is 24.9 Å². The van der Waals surface area contributed by atoms with Gasteiger partial charge in [-0.05, 0) is 37.1 Å². The molecule has 22 heavy (non-hydrogen) atoms. The summed E-state index contributed by atoms with van der Waals surface area (Å²) >= 11 is 4.57. The molecule has 2 aliphatic heterocycles. The van der Waals surface area contributed by atoms with Crippen molar-refractivity contribution in [3.63, 3.8) is 0 Å². The highest BCUT2D eigenvalue weighted by molar-refractivity contribution is 8.54. The zero-order valence-electron chi connectivity index (χ0n) is 12.6. The highest BCUT2D eigenvalue weighted by Gasteiger charge is 2.39. The van der Waals surface area contributed by atoms with Gasteiger partial charge in [0.1, 0.15) is 14.0 Å². The normalized spacial score (nSPS) is 38.2. The van der Waals surface area contributed by atoms with Crippen LogP contribution in [0.4, 0.5) is 0 Å². The van der Waals surface area contributed by atoms with Crippen LogP contribution >= 0.6 is 31.1 Å². The molecule has 0 aromatic heterocycles. The minimum Gasteiger partial charge on any atom is -0.379 e. The lowest BCUT2D eigenvalue weighted by Crippen LogP contribution is -2.28. The van der Waals surface area contributed by atoms with Crippen LogP contribution in [0.15, 0.2) is 0 Å². The van der Waals surface area contributed by atoms with Gasteiger partial charge in [-0.2, -0.15) is 0 Å². The molecule has 0 bridgehead atoms. The van der Waals surface area contributed by atoms with Crippen LogP contribution in [0, 0.1) is 0 Å². The molecule has 7 nitrogen and oxygen atoms in total. The maximum atomic E-state index is 12.3. The maximum absolute atomic E-state index is 12.3. The lowest BCUT2D eigenvalue weighted by Gasteiger charge is -2.22. The average Bonchev–Trinajstić information content (AvgIpc) is 3.03. The fraction of sp³-hybridized carbons (Fsp3) is 1.00. The second-order valence-corrected chi connectivity index (χ2v) is 9.55. The maximum Gasteiger partial charge on any atom is 0.387 e. The summed E-state index contributed by atoms with van der Waals surface area (Å²) in [5.41, 5.74) is 0. The molecule has 0 aromatic carbocycles. The minimum atomic E-state index is -3.80. The fourth-order valence-corrected chi connectivity index (χ4v) is 5.61. The molecule has 2 rings (SSSR count). The fourth-order valence-electron chi connectivity index (χ4n) is 2.67. The van der Waals surface area contributed by atoms with Crippen LogP contribution in [-0.2, 0) is 27.5 Å². The van der Waals surface area contributed by atoms with Crippen molar-refractivity contribution in [2.45, 2.75) is 43.3 Å². The third kappa shape index (κ3) is 5.39. The zero-order chi connectivity index (χ0) is 16.2. The van der Waals surface area contributed by atoms with Gasteiger partial charge in [0.25, 0.3) is 0 Å². The summed E-state index contributed by atoms with van der Waals surface area (Å²) in [6, 6.07) is -0.0421. The van der Waals surface area contributed by atoms with Gasteiger partial charge in [-0.15, -0.1) is 0 Å². The van der Waals surface area contributed by atoms with Crippen molar-refractivity contribution < 1.29 is 32.4 Å². The first-order chi connectivity index (χ1) is 10.4. The summed E-state index contributed by atoms with van der Waals surface area (Å²) in [6.07, 6.45) is 0.263. The summed E-state index contributed by atoms with van der Waals surface area (Å²) in [5, 5.41) is 0. The van der Waals surface area contributed by atoms with Crippen molar-refractivity contribution in [3.8, 4) is 0 Å². The van der Waals surface area contributed by atoms with Gasteiger partial charge in [0, 0.05) is 25.5 Å². The van der Waals surface area contributed by atoms with Crippen LogP contribution in [0.25, 0.3) is 0 Å². The third-order valence-corrected chi connectivity index (χ3v) is 6.92. The van der Waals surface area contributed by atoms with Crippen molar-refractivity contribution in [1.29, 1.82) is 0 Å². The molecule has 0 aromatic rings. The number of hydrogen-bond acceptors (Lipinski definition) is 8. The molecular weight excluding hydrogens is 350 g/mol. The molecule has 1 N–H and O–H groups in total. The highest BCUT2D eigenvalue weighted by atomic mass is 32.7. The lowest BCUT2D eigenvalue weighted by atomic mass is 9.96. The molecule has 0 saturated carbocycles. The Morgan fingerprint density at radius 1 is 1.45 bits per heavy atom. The zero-order valence-corrected chi connectivity index (χ0v) is 15.2. The summed E-state index contributed by atoms with van der Waals surface area (Å²) in [5.74, 6) is 0.350. The van der Waals surface area contributed by atoms with Crippen LogP contribution in [-0.4, -0.2) is 69.2 Å². The number of ether oxygens (including phenoxy) is 3. The second kappa shape index (κ2) is 8.73. The Labute approximate surface area is 141 Å². The van der Waals surface area contributed by atoms with E-state index in [2.05, 4.69) is 12.9 Å². The van der Waals surface area contributed by atoms with E-state index in [-0.39, 0.29) is 30.9 Å². The predicted octanol–water partition coefficient (Wildman–Crippen LogP) is 0.619. The molecular formula is C11H22BO7PS2. The second-order valence-electron chi connectivity index (χ2n) is 5.40. The van der Waals surface area contributed by atoms with Crippen LogP contribution in [0.3, 0.4) is 0 Å². The third-order valence-electron chi connectivity index (χ3n) is 3.75. The Balaban J connectivity index is 1.83. The molecule has 0 spiro atoms. The molecule has 6 atom stereocenters. The van der Waals surface area contributed by atoms with Crippen LogP contribution in [0.2, 0.25) is 0 Å². The lowest BCUT2D eigenvalue weighted by molar-refractivity contribution is 0.0144. The molecule has 11 heteroatoms. The molecule has 2 heterocycles. The van der Waals surface area contributed by atoms with E-state index in [1.54, 1.807) is 7.11 Å². The van der Waals surface area contributed by atoms with E-state index in [0.717, 1.165) is 17.8 Å². The SMILES string of the molecule is B[C@H]1CC(OP(=O)(O)SC[C@H]2OCCC2OC)[C@@H](COS)O1. The number of methoxy groups -OCH3 is 1. The Hall–Kier alpha value is 0.755. The highest BCUT2D eigenvalue weighted by Crippen LogP contribution is 2.58. The van der Waals surface area contributed by atoms with E-state index < -0.39 is 12.9 Å². The molecule has 2 aliphatic rings. The monoisotopic (exact) mass is 372 g/mol. The van der Waals surface area contributed by atoms with Crippen molar-refractivity contribution in [2.24, 2.45) is 0 Å². The topological polar surface area (TPSA) is 83.5 Å². The molecule has 2 fully saturated rings. The van der Waals surface area contributed by atoms with E-state index >= 15 is 0 Å². The van der Waals surface area contributed by atoms with Gasteiger partial charge in [-0.1, -0.05) is 0 Å². The van der Waals surface area contributed by atoms with Gasteiger partial charge in [-0.25, -0.2) is 4.57 Å². The standard InChI is InChI=1S/C11H22BO7PS2/c1-15-7-2-3-16-10(7)6-22-20(13,14)19-8-4-11(12)18-9(8)5-17-21/h7-11,21H,2-6,12H2,1H3,(H,13,14)/t7?,8?,9-,10-,11-/m1/s1. The number of hydrogen-bond donors (Lipinski definition) is 2. The number of rotatable bonds is 8. The Morgan fingerprint density at radius 3 is 2.91 bits per heavy atom. The Kier molecular flexibility index (Phi) is 7.58. The predicted molar refractivity (Wildman–Crippen MR) is 89.1 cm³/mol. The van der Waals surface area contributed by atoms with Crippen LogP contribution in [0.1, 0.15) is 12.8 Å². The largest absolute Gasteiger partial charge is 0.387 e. The van der Waals surface area contributed by atoms with Gasteiger partial charge >= 0.3 is 6.80 Å². The quantitative estimate of drug-likeness (QED) is 0.278. The molecule has 128 valence electrons. The first-order valence-electron chi connectivity index (χ1n) is 7.17.